The van der Waals surface area contributed by atoms with Gasteiger partial charge in [0.2, 0.25) is 0 Å². The molecule has 6 heteroatoms. The fraction of sp³-hybridized carbons (Fsp3) is 1.00. The minimum absolute atomic E-state index is 0.209. The molecule has 1 saturated heterocycles. The van der Waals surface area contributed by atoms with Gasteiger partial charge < -0.3 is 14.1 Å². The van der Waals surface area contributed by atoms with Crippen LogP contribution in [0.25, 0.3) is 0 Å². The van der Waals surface area contributed by atoms with E-state index in [0.717, 1.165) is 0 Å². The predicted octanol–water partition coefficient (Wildman–Crippen LogP) is 0.0476. The van der Waals surface area contributed by atoms with Gasteiger partial charge in [0.1, 0.15) is 0 Å². The monoisotopic (exact) mass is 129 g/mol. The second-order valence-electron chi connectivity index (χ2n) is 1.92. The van der Waals surface area contributed by atoms with Gasteiger partial charge >= 0.3 is 14.2 Å². The Morgan fingerprint density at radius 2 is 1.56 bits per heavy atom. The van der Waals surface area contributed by atoms with Gasteiger partial charge in [-0.25, -0.2) is 0 Å². The topological polar surface area (TPSA) is 30.9 Å². The quantitative estimate of drug-likeness (QED) is 0.432. The molecule has 50 valence electrons. The van der Waals surface area contributed by atoms with Crippen molar-refractivity contribution in [1.82, 2.24) is 5.23 Å². The SMILES string of the molecule is CB1OB(C)ON(C)O1. The third kappa shape index (κ3) is 1.98. The van der Waals surface area contributed by atoms with Crippen LogP contribution in [0.5, 0.6) is 0 Å². The molecule has 0 N–H and O–H groups in total. The number of hydrogen-bond donors (Lipinski definition) is 0. The lowest BCUT2D eigenvalue weighted by Gasteiger charge is -2.28. The summed E-state index contributed by atoms with van der Waals surface area (Å²) in [6.45, 7) is 3.63. The van der Waals surface area contributed by atoms with E-state index in [1.54, 1.807) is 7.05 Å². The van der Waals surface area contributed by atoms with Gasteiger partial charge in [-0.2, -0.15) is 0 Å². The number of hydroxylamine groups is 2. The Bertz CT molecular complexity index is 78.0. The first-order chi connectivity index (χ1) is 4.18. The molecule has 9 heavy (non-hydrogen) atoms. The van der Waals surface area contributed by atoms with E-state index in [1.807, 2.05) is 13.6 Å². The van der Waals surface area contributed by atoms with Crippen molar-refractivity contribution in [2.24, 2.45) is 0 Å². The van der Waals surface area contributed by atoms with Gasteiger partial charge in [-0.05, 0) is 13.6 Å². The van der Waals surface area contributed by atoms with Crippen LogP contribution in [0.15, 0.2) is 0 Å². The van der Waals surface area contributed by atoms with Gasteiger partial charge in [-0.3, -0.25) is 0 Å². The van der Waals surface area contributed by atoms with Crippen molar-refractivity contribution in [1.29, 1.82) is 0 Å². The van der Waals surface area contributed by atoms with E-state index in [1.165, 1.54) is 5.23 Å². The summed E-state index contributed by atoms with van der Waals surface area (Å²) in [7, 11) is 1.27. The molecule has 0 bridgehead atoms. The smallest absolute Gasteiger partial charge is 0.449 e. The molecule has 0 radical (unpaired) electrons. The van der Waals surface area contributed by atoms with Crippen molar-refractivity contribution in [3.63, 3.8) is 0 Å². The first-order valence-corrected chi connectivity index (χ1v) is 2.91. The fourth-order valence-electron chi connectivity index (χ4n) is 0.762. The van der Waals surface area contributed by atoms with Gasteiger partial charge in [-0.1, -0.05) is 5.23 Å². The van der Waals surface area contributed by atoms with Crippen molar-refractivity contribution in [3.05, 3.63) is 0 Å². The van der Waals surface area contributed by atoms with Gasteiger partial charge in [-0.15, -0.1) is 0 Å². The van der Waals surface area contributed by atoms with Crippen molar-refractivity contribution in [2.45, 2.75) is 13.6 Å². The maximum atomic E-state index is 5.07. The number of hydrogen-bond acceptors (Lipinski definition) is 4. The van der Waals surface area contributed by atoms with Crippen molar-refractivity contribution in [3.8, 4) is 0 Å². The highest BCUT2D eigenvalue weighted by Gasteiger charge is 2.28. The molecule has 1 aliphatic heterocycles. The Morgan fingerprint density at radius 3 is 1.89 bits per heavy atom. The molecule has 0 unspecified atom stereocenters. The highest BCUT2D eigenvalue weighted by molar-refractivity contribution is 6.58. The number of nitrogens with zero attached hydrogens (tertiary/aromatic N) is 1. The van der Waals surface area contributed by atoms with Crippen LogP contribution in [-0.2, 0) is 14.1 Å². The molecule has 1 heterocycles. The molecule has 0 aliphatic carbocycles. The van der Waals surface area contributed by atoms with Gasteiger partial charge in [0.25, 0.3) is 0 Å². The van der Waals surface area contributed by atoms with Gasteiger partial charge in [0, 0.05) is 7.05 Å². The summed E-state index contributed by atoms with van der Waals surface area (Å²) in [6, 6.07) is 0. The first kappa shape index (κ1) is 7.08. The fourth-order valence-corrected chi connectivity index (χ4v) is 0.762. The van der Waals surface area contributed by atoms with Crippen LogP contribution in [-0.4, -0.2) is 26.5 Å². The molecule has 0 atom stereocenters. The summed E-state index contributed by atoms with van der Waals surface area (Å²) in [4.78, 5) is 0. The molecule has 0 saturated carbocycles. The zero-order valence-corrected chi connectivity index (χ0v) is 5.83. The van der Waals surface area contributed by atoms with Crippen LogP contribution in [0.4, 0.5) is 0 Å². The lowest BCUT2D eigenvalue weighted by molar-refractivity contribution is -0.273. The average Bonchev–Trinajstić information content (AvgIpc) is 1.59. The summed E-state index contributed by atoms with van der Waals surface area (Å²) in [6.07, 6.45) is 0. The molecular weight excluding hydrogens is 120 g/mol. The summed E-state index contributed by atoms with van der Waals surface area (Å²) in [5, 5.41) is 1.30. The van der Waals surface area contributed by atoms with E-state index in [-0.39, 0.29) is 14.2 Å². The van der Waals surface area contributed by atoms with Crippen molar-refractivity contribution in [2.75, 3.05) is 7.05 Å². The molecule has 1 aliphatic rings. The number of rotatable bonds is 0. The molecular formula is C3H9B2NO3. The zero-order chi connectivity index (χ0) is 6.85. The minimum atomic E-state index is -0.209. The highest BCUT2D eigenvalue weighted by atomic mass is 17.0. The Labute approximate surface area is 55.3 Å². The zero-order valence-electron chi connectivity index (χ0n) is 5.83. The summed E-state index contributed by atoms with van der Waals surface area (Å²) >= 11 is 0. The predicted molar refractivity (Wildman–Crippen MR) is 34.3 cm³/mol. The third-order valence-corrected chi connectivity index (χ3v) is 0.977. The van der Waals surface area contributed by atoms with E-state index >= 15 is 0 Å². The molecule has 1 fully saturated rings. The maximum absolute atomic E-state index is 5.07. The second-order valence-corrected chi connectivity index (χ2v) is 1.92. The van der Waals surface area contributed by atoms with Crippen LogP contribution < -0.4 is 0 Å². The molecule has 0 amide bonds. The molecule has 0 aromatic rings. The van der Waals surface area contributed by atoms with Crippen LogP contribution in [0.2, 0.25) is 13.6 Å². The van der Waals surface area contributed by atoms with Crippen LogP contribution in [0.3, 0.4) is 0 Å². The van der Waals surface area contributed by atoms with Crippen LogP contribution >= 0.6 is 0 Å². The molecule has 0 spiro atoms. The lowest BCUT2D eigenvalue weighted by atomic mass is 9.85. The molecule has 1 rings (SSSR count). The van der Waals surface area contributed by atoms with Crippen molar-refractivity contribution >= 4 is 14.2 Å². The second kappa shape index (κ2) is 2.70. The lowest BCUT2D eigenvalue weighted by Crippen LogP contribution is -2.44. The third-order valence-electron chi connectivity index (χ3n) is 0.977. The highest BCUT2D eigenvalue weighted by Crippen LogP contribution is 2.05. The summed E-state index contributed by atoms with van der Waals surface area (Å²) in [5.41, 5.74) is 0. The van der Waals surface area contributed by atoms with Gasteiger partial charge in [0.15, 0.2) is 0 Å². The van der Waals surface area contributed by atoms with E-state index in [4.69, 9.17) is 14.1 Å². The summed E-state index contributed by atoms with van der Waals surface area (Å²) < 4.78 is 15.0. The van der Waals surface area contributed by atoms with E-state index in [9.17, 15) is 0 Å². The first-order valence-electron chi connectivity index (χ1n) is 2.91. The Balaban J connectivity index is 2.34. The van der Waals surface area contributed by atoms with E-state index < -0.39 is 0 Å². The Kier molecular flexibility index (Phi) is 2.13. The Hall–Kier alpha value is -0.0301. The largest absolute Gasteiger partial charge is 0.461 e. The van der Waals surface area contributed by atoms with E-state index in [0.29, 0.717) is 0 Å². The van der Waals surface area contributed by atoms with Crippen molar-refractivity contribution < 1.29 is 14.1 Å². The molecule has 0 aromatic heterocycles. The molecule has 4 nitrogen and oxygen atoms in total. The normalized spacial score (nSPS) is 23.0. The molecule has 0 aromatic carbocycles. The summed E-state index contributed by atoms with van der Waals surface area (Å²) in [5.74, 6) is 0. The standard InChI is InChI=1S/C3H9B2NO3/c1-4-7-5(2)9-6(3)8-4/h1-3H3. The van der Waals surface area contributed by atoms with Gasteiger partial charge in [0.05, 0.1) is 0 Å². The Morgan fingerprint density at radius 1 is 1.11 bits per heavy atom. The van der Waals surface area contributed by atoms with Crippen LogP contribution in [0, 0.1) is 0 Å². The maximum Gasteiger partial charge on any atom is 0.461 e. The van der Waals surface area contributed by atoms with E-state index in [2.05, 4.69) is 0 Å². The minimum Gasteiger partial charge on any atom is -0.449 e. The average molecular weight is 129 g/mol. The van der Waals surface area contributed by atoms with Crippen LogP contribution in [0.1, 0.15) is 0 Å².